The highest BCUT2D eigenvalue weighted by Crippen LogP contribution is 2.18. The Morgan fingerprint density at radius 3 is 1.30 bits per heavy atom. The van der Waals surface area contributed by atoms with E-state index in [1.165, 1.54) is 0 Å². The van der Waals surface area contributed by atoms with Crippen LogP contribution in [0, 0.1) is 5.41 Å². The summed E-state index contributed by atoms with van der Waals surface area (Å²) in [5.41, 5.74) is -0.667. The highest BCUT2D eigenvalue weighted by molar-refractivity contribution is 8.93. The van der Waals surface area contributed by atoms with Crippen molar-refractivity contribution in [2.24, 2.45) is 5.41 Å². The van der Waals surface area contributed by atoms with Crippen LogP contribution in [0.3, 0.4) is 0 Å². The second-order valence-electron chi connectivity index (χ2n) is 2.33. The molecule has 0 unspecified atom stereocenters. The second kappa shape index (κ2) is 6.09. The minimum atomic E-state index is -0.667. The maximum Gasteiger partial charge on any atom is 0.0531 e. The predicted octanol–water partition coefficient (Wildman–Crippen LogP) is -0.0624. The van der Waals surface area contributed by atoms with Crippen molar-refractivity contribution >= 4 is 17.0 Å². The quantitative estimate of drug-likeness (QED) is 0.615. The first-order valence-corrected chi connectivity index (χ1v) is 3.07. The summed E-state index contributed by atoms with van der Waals surface area (Å²) >= 11 is 0. The van der Waals surface area contributed by atoms with E-state index < -0.39 is 5.41 Å². The van der Waals surface area contributed by atoms with Crippen LogP contribution in [0.15, 0.2) is 0 Å². The van der Waals surface area contributed by atoms with Gasteiger partial charge in [0.2, 0.25) is 0 Å². The van der Waals surface area contributed by atoms with Crippen molar-refractivity contribution in [2.45, 2.75) is 13.3 Å². The van der Waals surface area contributed by atoms with Gasteiger partial charge in [0.1, 0.15) is 0 Å². The van der Waals surface area contributed by atoms with Crippen molar-refractivity contribution in [2.75, 3.05) is 19.8 Å². The Hall–Kier alpha value is 0.360. The lowest BCUT2D eigenvalue weighted by molar-refractivity contribution is 0.00304. The van der Waals surface area contributed by atoms with E-state index in [1.54, 1.807) is 0 Å². The van der Waals surface area contributed by atoms with Gasteiger partial charge in [-0.3, -0.25) is 0 Å². The van der Waals surface area contributed by atoms with Crippen LogP contribution in [0.25, 0.3) is 0 Å². The highest BCUT2D eigenvalue weighted by Gasteiger charge is 2.24. The third kappa shape index (κ3) is 2.96. The third-order valence-electron chi connectivity index (χ3n) is 1.76. The fraction of sp³-hybridized carbons (Fsp3) is 1.00. The lowest BCUT2D eigenvalue weighted by Gasteiger charge is -2.24. The van der Waals surface area contributed by atoms with Gasteiger partial charge < -0.3 is 15.3 Å². The van der Waals surface area contributed by atoms with Gasteiger partial charge in [-0.25, -0.2) is 0 Å². The molecule has 0 aromatic carbocycles. The van der Waals surface area contributed by atoms with Crippen LogP contribution in [0.4, 0.5) is 0 Å². The Kier molecular flexibility index (Phi) is 7.92. The molecule has 0 aliphatic carbocycles. The van der Waals surface area contributed by atoms with E-state index in [1.807, 2.05) is 6.92 Å². The molecule has 0 atom stereocenters. The standard InChI is InChI=1S/C6H14O3.BrH/c1-2-6(3-7,4-8)5-9;/h7-9H,2-5H2,1H3;1H. The van der Waals surface area contributed by atoms with Gasteiger partial charge in [0.25, 0.3) is 0 Å². The van der Waals surface area contributed by atoms with Gasteiger partial charge in [-0.05, 0) is 6.42 Å². The largest absolute Gasteiger partial charge is 0.396 e. The summed E-state index contributed by atoms with van der Waals surface area (Å²) in [7, 11) is 0. The molecule has 0 aromatic rings. The summed E-state index contributed by atoms with van der Waals surface area (Å²) in [6.07, 6.45) is 0.594. The molecule has 3 N–H and O–H groups in total. The first kappa shape index (κ1) is 13.0. The number of aliphatic hydroxyl groups excluding tert-OH is 3. The summed E-state index contributed by atoms with van der Waals surface area (Å²) in [6, 6.07) is 0. The normalized spacial score (nSPS) is 10.8. The second-order valence-corrected chi connectivity index (χ2v) is 2.33. The molecule has 0 heterocycles. The molecule has 0 saturated carbocycles. The Labute approximate surface area is 71.5 Å². The minimum Gasteiger partial charge on any atom is -0.396 e. The van der Waals surface area contributed by atoms with Crippen LogP contribution in [0.2, 0.25) is 0 Å². The summed E-state index contributed by atoms with van der Waals surface area (Å²) in [6.45, 7) is 1.35. The number of hydrogen-bond donors (Lipinski definition) is 3. The van der Waals surface area contributed by atoms with Crippen molar-refractivity contribution in [1.29, 1.82) is 0 Å². The third-order valence-corrected chi connectivity index (χ3v) is 1.76. The van der Waals surface area contributed by atoms with E-state index in [-0.39, 0.29) is 36.8 Å². The lowest BCUT2D eigenvalue weighted by atomic mass is 9.88. The summed E-state index contributed by atoms with van der Waals surface area (Å²) in [5.74, 6) is 0. The van der Waals surface area contributed by atoms with Crippen LogP contribution in [-0.4, -0.2) is 35.1 Å². The monoisotopic (exact) mass is 214 g/mol. The highest BCUT2D eigenvalue weighted by atomic mass is 79.9. The SMILES string of the molecule is Br.CCC(CO)(CO)CO. The van der Waals surface area contributed by atoms with E-state index in [2.05, 4.69) is 0 Å². The molecule has 10 heavy (non-hydrogen) atoms. The zero-order valence-electron chi connectivity index (χ0n) is 6.08. The summed E-state index contributed by atoms with van der Waals surface area (Å²) in [5, 5.41) is 26.0. The average Bonchev–Trinajstić information content (AvgIpc) is 1.95. The maximum atomic E-state index is 8.66. The Balaban J connectivity index is 0. The van der Waals surface area contributed by atoms with E-state index in [4.69, 9.17) is 15.3 Å². The molecule has 0 bridgehead atoms. The van der Waals surface area contributed by atoms with Gasteiger partial charge in [0, 0.05) is 5.41 Å². The summed E-state index contributed by atoms with van der Waals surface area (Å²) in [4.78, 5) is 0. The molecule has 0 saturated heterocycles. The van der Waals surface area contributed by atoms with Crippen LogP contribution in [0.1, 0.15) is 13.3 Å². The molecule has 0 aliphatic rings. The van der Waals surface area contributed by atoms with E-state index in [0.717, 1.165) is 0 Å². The van der Waals surface area contributed by atoms with E-state index >= 15 is 0 Å². The molecule has 0 rings (SSSR count). The van der Waals surface area contributed by atoms with Gasteiger partial charge in [-0.15, -0.1) is 17.0 Å². The lowest BCUT2D eigenvalue weighted by Crippen LogP contribution is -2.32. The van der Waals surface area contributed by atoms with Gasteiger partial charge in [0.15, 0.2) is 0 Å². The van der Waals surface area contributed by atoms with Gasteiger partial charge in [-0.1, -0.05) is 6.92 Å². The smallest absolute Gasteiger partial charge is 0.0531 e. The molecule has 0 spiro atoms. The van der Waals surface area contributed by atoms with Crippen LogP contribution < -0.4 is 0 Å². The molecular weight excluding hydrogens is 200 g/mol. The maximum absolute atomic E-state index is 8.66. The first-order valence-electron chi connectivity index (χ1n) is 3.07. The zero-order chi connectivity index (χ0) is 7.33. The minimum absolute atomic E-state index is 0. The fourth-order valence-electron chi connectivity index (χ4n) is 0.485. The number of aliphatic hydroxyl groups is 3. The number of hydrogen-bond acceptors (Lipinski definition) is 3. The van der Waals surface area contributed by atoms with Crippen molar-refractivity contribution in [3.8, 4) is 0 Å². The summed E-state index contributed by atoms with van der Waals surface area (Å²) < 4.78 is 0. The first-order chi connectivity index (χ1) is 4.24. The Morgan fingerprint density at radius 2 is 1.30 bits per heavy atom. The predicted molar refractivity (Wildman–Crippen MR) is 44.3 cm³/mol. The van der Waals surface area contributed by atoms with Crippen LogP contribution in [-0.2, 0) is 0 Å². The van der Waals surface area contributed by atoms with Gasteiger partial charge in [0.05, 0.1) is 19.8 Å². The van der Waals surface area contributed by atoms with Crippen molar-refractivity contribution < 1.29 is 15.3 Å². The van der Waals surface area contributed by atoms with Crippen LogP contribution in [0.5, 0.6) is 0 Å². The fourth-order valence-corrected chi connectivity index (χ4v) is 0.485. The van der Waals surface area contributed by atoms with E-state index in [0.29, 0.717) is 6.42 Å². The van der Waals surface area contributed by atoms with Crippen molar-refractivity contribution in [1.82, 2.24) is 0 Å². The molecule has 0 fully saturated rings. The van der Waals surface area contributed by atoms with Crippen molar-refractivity contribution in [3.05, 3.63) is 0 Å². The molecule has 0 amide bonds. The molecular formula is C6H15BrO3. The Morgan fingerprint density at radius 1 is 1.00 bits per heavy atom. The van der Waals surface area contributed by atoms with Gasteiger partial charge in [-0.2, -0.15) is 0 Å². The molecule has 0 aliphatic heterocycles. The molecule has 3 nitrogen and oxygen atoms in total. The Bertz CT molecular complexity index is 55.9. The van der Waals surface area contributed by atoms with Gasteiger partial charge >= 0.3 is 0 Å². The topological polar surface area (TPSA) is 60.7 Å². The van der Waals surface area contributed by atoms with E-state index in [9.17, 15) is 0 Å². The molecule has 0 aromatic heterocycles. The number of rotatable bonds is 4. The average molecular weight is 215 g/mol. The number of halogens is 1. The van der Waals surface area contributed by atoms with Crippen LogP contribution >= 0.6 is 17.0 Å². The molecule has 0 radical (unpaired) electrons. The molecule has 4 heteroatoms. The zero-order valence-corrected chi connectivity index (χ0v) is 7.79. The molecule has 64 valence electrons. The van der Waals surface area contributed by atoms with Crippen molar-refractivity contribution in [3.63, 3.8) is 0 Å².